The molecule has 0 aliphatic rings. The molecule has 0 spiro atoms. The molecule has 0 aliphatic heterocycles. The Morgan fingerprint density at radius 1 is 0.828 bits per heavy atom. The summed E-state index contributed by atoms with van der Waals surface area (Å²) in [5.74, 6) is -1.59. The first kappa shape index (κ1) is 19.9. The minimum atomic E-state index is -0.626. The lowest BCUT2D eigenvalue weighted by Crippen LogP contribution is -2.23. The molecule has 0 atom stereocenters. The number of fused-ring (bicyclic) bond motifs is 1. The summed E-state index contributed by atoms with van der Waals surface area (Å²) in [7, 11) is 2.49. The van der Waals surface area contributed by atoms with Gasteiger partial charge < -0.3 is 20.1 Å². The topological polar surface area (TPSA) is 93.7 Å². The number of carbonyl (C=O) groups excluding carboxylic acids is 3. The van der Waals surface area contributed by atoms with E-state index in [1.54, 1.807) is 0 Å². The third-order valence-electron chi connectivity index (χ3n) is 4.35. The summed E-state index contributed by atoms with van der Waals surface area (Å²) in [6.45, 7) is -0.0307. The zero-order valence-electron chi connectivity index (χ0n) is 16.0. The molecule has 0 radical (unpaired) electrons. The first-order valence-electron chi connectivity index (χ1n) is 8.85. The highest BCUT2D eigenvalue weighted by atomic mass is 16.5. The number of hydrogen-bond acceptors (Lipinski definition) is 6. The smallest absolute Gasteiger partial charge is 0.339 e. The minimum Gasteiger partial charge on any atom is -0.465 e. The number of amides is 1. The summed E-state index contributed by atoms with van der Waals surface area (Å²) in [6.07, 6.45) is 0. The van der Waals surface area contributed by atoms with E-state index in [0.717, 1.165) is 16.5 Å². The monoisotopic (exact) mass is 392 g/mol. The first-order valence-corrected chi connectivity index (χ1v) is 8.85. The molecule has 0 bridgehead atoms. The van der Waals surface area contributed by atoms with E-state index in [1.165, 1.54) is 32.4 Å². The number of anilines is 2. The minimum absolute atomic E-state index is 0.0307. The number of benzene rings is 3. The summed E-state index contributed by atoms with van der Waals surface area (Å²) in [6, 6.07) is 17.8. The van der Waals surface area contributed by atoms with Gasteiger partial charge in [0.2, 0.25) is 5.91 Å². The molecule has 1 amide bonds. The fraction of sp³-hybridized carbons (Fsp3) is 0.136. The van der Waals surface area contributed by atoms with E-state index in [1.807, 2.05) is 42.5 Å². The molecule has 0 unspecified atom stereocenters. The Labute approximate surface area is 167 Å². The second kappa shape index (κ2) is 8.88. The fourth-order valence-electron chi connectivity index (χ4n) is 2.93. The van der Waals surface area contributed by atoms with E-state index in [-0.39, 0.29) is 29.3 Å². The SMILES string of the molecule is COC(=O)c1ccc(C(=O)OC)c(NC(=O)CNc2cccc3ccccc23)c1. The van der Waals surface area contributed by atoms with Crippen molar-refractivity contribution in [3.63, 3.8) is 0 Å². The standard InChI is InChI=1S/C22H20N2O5/c1-28-21(26)15-10-11-17(22(27)29-2)19(12-15)24-20(25)13-23-18-9-5-7-14-6-3-4-8-16(14)18/h3-12,23H,13H2,1-2H3,(H,24,25). The first-order chi connectivity index (χ1) is 14.0. The molecule has 0 fully saturated rings. The number of hydrogen-bond donors (Lipinski definition) is 2. The molecule has 7 nitrogen and oxygen atoms in total. The Balaban J connectivity index is 1.78. The summed E-state index contributed by atoms with van der Waals surface area (Å²) in [4.78, 5) is 36.3. The molecule has 3 rings (SSSR count). The molecule has 0 saturated carbocycles. The average molecular weight is 392 g/mol. The van der Waals surface area contributed by atoms with Crippen molar-refractivity contribution < 1.29 is 23.9 Å². The van der Waals surface area contributed by atoms with Crippen molar-refractivity contribution in [2.24, 2.45) is 0 Å². The van der Waals surface area contributed by atoms with Crippen molar-refractivity contribution in [3.8, 4) is 0 Å². The lowest BCUT2D eigenvalue weighted by molar-refractivity contribution is -0.114. The van der Waals surface area contributed by atoms with E-state index >= 15 is 0 Å². The molecule has 7 heteroatoms. The third kappa shape index (κ3) is 4.52. The van der Waals surface area contributed by atoms with Gasteiger partial charge in [0.1, 0.15) is 0 Å². The van der Waals surface area contributed by atoms with Crippen LogP contribution in [0.2, 0.25) is 0 Å². The van der Waals surface area contributed by atoms with Crippen LogP contribution in [0.25, 0.3) is 10.8 Å². The van der Waals surface area contributed by atoms with Gasteiger partial charge in [-0.2, -0.15) is 0 Å². The lowest BCUT2D eigenvalue weighted by atomic mass is 10.1. The van der Waals surface area contributed by atoms with Gasteiger partial charge in [0.25, 0.3) is 0 Å². The fourth-order valence-corrected chi connectivity index (χ4v) is 2.93. The van der Waals surface area contributed by atoms with Crippen molar-refractivity contribution in [1.82, 2.24) is 0 Å². The van der Waals surface area contributed by atoms with Crippen molar-refractivity contribution in [2.75, 3.05) is 31.4 Å². The third-order valence-corrected chi connectivity index (χ3v) is 4.35. The van der Waals surface area contributed by atoms with Crippen LogP contribution in [0, 0.1) is 0 Å². The molecule has 0 heterocycles. The summed E-state index contributed by atoms with van der Waals surface area (Å²) in [5.41, 5.74) is 1.33. The van der Waals surface area contributed by atoms with Gasteiger partial charge in [-0.1, -0.05) is 36.4 Å². The highest BCUT2D eigenvalue weighted by Crippen LogP contribution is 2.23. The zero-order chi connectivity index (χ0) is 20.8. The average Bonchev–Trinajstić information content (AvgIpc) is 2.76. The quantitative estimate of drug-likeness (QED) is 0.624. The van der Waals surface area contributed by atoms with Crippen LogP contribution in [0.4, 0.5) is 11.4 Å². The second-order valence-corrected chi connectivity index (χ2v) is 6.17. The summed E-state index contributed by atoms with van der Waals surface area (Å²) >= 11 is 0. The molecular formula is C22H20N2O5. The molecule has 0 aliphatic carbocycles. The second-order valence-electron chi connectivity index (χ2n) is 6.17. The van der Waals surface area contributed by atoms with Crippen LogP contribution in [0.5, 0.6) is 0 Å². The lowest BCUT2D eigenvalue weighted by Gasteiger charge is -2.13. The molecule has 2 N–H and O–H groups in total. The molecule has 3 aromatic rings. The molecule has 3 aromatic carbocycles. The van der Waals surface area contributed by atoms with E-state index < -0.39 is 11.9 Å². The van der Waals surface area contributed by atoms with Crippen LogP contribution in [0.3, 0.4) is 0 Å². The van der Waals surface area contributed by atoms with Gasteiger partial charge in [-0.3, -0.25) is 4.79 Å². The van der Waals surface area contributed by atoms with E-state index in [4.69, 9.17) is 4.74 Å². The van der Waals surface area contributed by atoms with Crippen LogP contribution in [0.15, 0.2) is 60.7 Å². The summed E-state index contributed by atoms with van der Waals surface area (Å²) < 4.78 is 9.43. The van der Waals surface area contributed by atoms with Crippen molar-refractivity contribution in [3.05, 3.63) is 71.8 Å². The van der Waals surface area contributed by atoms with Gasteiger partial charge >= 0.3 is 11.9 Å². The van der Waals surface area contributed by atoms with E-state index in [9.17, 15) is 14.4 Å². The van der Waals surface area contributed by atoms with Gasteiger partial charge in [-0.05, 0) is 29.7 Å². The van der Waals surface area contributed by atoms with Crippen LogP contribution in [-0.2, 0) is 14.3 Å². The molecule has 29 heavy (non-hydrogen) atoms. The Morgan fingerprint density at radius 3 is 2.31 bits per heavy atom. The predicted octanol–water partition coefficient (Wildman–Crippen LogP) is 3.46. The Bertz CT molecular complexity index is 1070. The van der Waals surface area contributed by atoms with Gasteiger partial charge in [-0.15, -0.1) is 0 Å². The number of nitrogens with one attached hydrogen (secondary N) is 2. The van der Waals surface area contributed by atoms with Crippen molar-refractivity contribution in [2.45, 2.75) is 0 Å². The van der Waals surface area contributed by atoms with Gasteiger partial charge in [0, 0.05) is 11.1 Å². The normalized spacial score (nSPS) is 10.3. The number of methoxy groups -OCH3 is 2. The van der Waals surface area contributed by atoms with Gasteiger partial charge in [0.15, 0.2) is 0 Å². The van der Waals surface area contributed by atoms with Crippen LogP contribution in [0.1, 0.15) is 20.7 Å². The molecule has 0 aromatic heterocycles. The number of carbonyl (C=O) groups is 3. The van der Waals surface area contributed by atoms with Crippen molar-refractivity contribution in [1.29, 1.82) is 0 Å². The summed E-state index contributed by atoms with van der Waals surface area (Å²) in [5, 5.41) is 7.80. The molecule has 0 saturated heterocycles. The number of esters is 2. The van der Waals surface area contributed by atoms with Crippen molar-refractivity contribution >= 4 is 40.0 Å². The van der Waals surface area contributed by atoms with E-state index in [2.05, 4.69) is 15.4 Å². The predicted molar refractivity (Wildman–Crippen MR) is 110 cm³/mol. The molecular weight excluding hydrogens is 372 g/mol. The Hall–Kier alpha value is -3.87. The zero-order valence-corrected chi connectivity index (χ0v) is 16.0. The van der Waals surface area contributed by atoms with E-state index in [0.29, 0.717) is 0 Å². The maximum atomic E-state index is 12.5. The Kier molecular flexibility index (Phi) is 6.09. The maximum absolute atomic E-state index is 12.5. The molecule has 148 valence electrons. The number of ether oxygens (including phenoxy) is 2. The van der Waals surface area contributed by atoms with Gasteiger partial charge in [0.05, 0.1) is 37.6 Å². The maximum Gasteiger partial charge on any atom is 0.339 e. The van der Waals surface area contributed by atoms with Crippen LogP contribution >= 0.6 is 0 Å². The highest BCUT2D eigenvalue weighted by molar-refractivity contribution is 6.04. The Morgan fingerprint density at radius 2 is 1.55 bits per heavy atom. The number of rotatable bonds is 6. The van der Waals surface area contributed by atoms with Crippen LogP contribution in [-0.4, -0.2) is 38.6 Å². The van der Waals surface area contributed by atoms with Crippen LogP contribution < -0.4 is 10.6 Å². The van der Waals surface area contributed by atoms with Gasteiger partial charge in [-0.25, -0.2) is 9.59 Å². The largest absolute Gasteiger partial charge is 0.465 e. The highest BCUT2D eigenvalue weighted by Gasteiger charge is 2.17.